The molecule has 0 spiro atoms. The molecule has 0 aromatic rings. The van der Waals surface area contributed by atoms with Crippen molar-refractivity contribution in [1.82, 2.24) is 0 Å². The van der Waals surface area contributed by atoms with E-state index in [4.69, 9.17) is 0 Å². The number of unbranched alkanes of at least 4 members (excludes halogenated alkanes) is 5. The van der Waals surface area contributed by atoms with E-state index in [0.29, 0.717) is 12.8 Å². The molecule has 0 unspecified atom stereocenters. The van der Waals surface area contributed by atoms with Crippen LogP contribution in [-0.2, 0) is 20.6 Å². The van der Waals surface area contributed by atoms with Gasteiger partial charge < -0.3 is 0 Å². The third kappa shape index (κ3) is 11.4. The molecule has 0 aromatic heterocycles. The van der Waals surface area contributed by atoms with Crippen molar-refractivity contribution in [3.05, 3.63) is 0 Å². The molecule has 0 amide bonds. The zero-order valence-corrected chi connectivity index (χ0v) is 9.48. The van der Waals surface area contributed by atoms with Gasteiger partial charge in [-0.15, -0.1) is 0 Å². The Labute approximate surface area is 87.0 Å². The van der Waals surface area contributed by atoms with E-state index in [0.717, 1.165) is 25.7 Å². The summed E-state index contributed by atoms with van der Waals surface area (Å²) in [6.45, 7) is 0. The average Bonchev–Trinajstić information content (AvgIpc) is 2.08. The van der Waals surface area contributed by atoms with Crippen LogP contribution in [0, 0.1) is 0 Å². The van der Waals surface area contributed by atoms with Crippen LogP contribution in [0.5, 0.6) is 0 Å². The van der Waals surface area contributed by atoms with E-state index in [2.05, 4.69) is 0 Å². The molecule has 4 nitrogen and oxygen atoms in total. The highest BCUT2D eigenvalue weighted by Crippen LogP contribution is 2.02. The van der Waals surface area contributed by atoms with Gasteiger partial charge in [-0.2, -0.15) is 16.8 Å². The largest absolute Gasteiger partial charge is 0.209 e. The van der Waals surface area contributed by atoms with Crippen molar-refractivity contribution >= 4 is 31.3 Å². The molecule has 6 heteroatoms. The van der Waals surface area contributed by atoms with Gasteiger partial charge in [0.1, 0.15) is 0 Å². The first-order valence-corrected chi connectivity index (χ1v) is 6.73. The van der Waals surface area contributed by atoms with Crippen LogP contribution in [0.1, 0.15) is 38.5 Å². The second-order valence-electron chi connectivity index (χ2n) is 2.85. The molecule has 14 heavy (non-hydrogen) atoms. The molecular formula is C8H14O4S2. The van der Waals surface area contributed by atoms with Gasteiger partial charge in [0.15, 0.2) is 0 Å². The Hall–Kier alpha value is -0.620. The van der Waals surface area contributed by atoms with Crippen LogP contribution in [0.3, 0.4) is 0 Å². The van der Waals surface area contributed by atoms with Gasteiger partial charge >= 0.3 is 0 Å². The molecule has 0 aliphatic carbocycles. The molecule has 0 N–H and O–H groups in total. The summed E-state index contributed by atoms with van der Waals surface area (Å²) in [5.41, 5.74) is 0. The fraction of sp³-hybridized carbons (Fsp3) is 0.750. The molecule has 0 heterocycles. The van der Waals surface area contributed by atoms with Gasteiger partial charge in [-0.1, -0.05) is 12.8 Å². The predicted molar refractivity (Wildman–Crippen MR) is 57.7 cm³/mol. The topological polar surface area (TPSA) is 68.3 Å². The Bertz CT molecular complexity index is 333. The summed E-state index contributed by atoms with van der Waals surface area (Å²) in [5.74, 6) is 0. The van der Waals surface area contributed by atoms with E-state index in [1.54, 1.807) is 0 Å². The second kappa shape index (κ2) is 8.96. The predicted octanol–water partition coefficient (Wildman–Crippen LogP) is 0.690. The van der Waals surface area contributed by atoms with Crippen molar-refractivity contribution in [2.45, 2.75) is 38.5 Å². The first kappa shape index (κ1) is 13.4. The van der Waals surface area contributed by atoms with Gasteiger partial charge in [0.25, 0.3) is 0 Å². The zero-order chi connectivity index (χ0) is 10.8. The standard InChI is InChI=1S/C8H14O4S2/c9-13(10)7-5-3-1-2-4-6-8-14(11)12/h7-8H,1-6H2. The van der Waals surface area contributed by atoms with Crippen LogP contribution in [0.2, 0.25) is 0 Å². The van der Waals surface area contributed by atoms with Crippen LogP contribution in [0.15, 0.2) is 0 Å². The molecule has 0 aliphatic rings. The van der Waals surface area contributed by atoms with Crippen LogP contribution in [-0.4, -0.2) is 27.6 Å². The molecule has 0 aliphatic heterocycles. The third-order valence-electron chi connectivity index (χ3n) is 1.67. The molecule has 0 saturated heterocycles. The van der Waals surface area contributed by atoms with Crippen LogP contribution < -0.4 is 0 Å². The summed E-state index contributed by atoms with van der Waals surface area (Å²) in [6.07, 6.45) is 4.71. The van der Waals surface area contributed by atoms with E-state index < -0.39 is 20.6 Å². The highest BCUT2D eigenvalue weighted by Gasteiger charge is 1.88. The first-order valence-electron chi connectivity index (χ1n) is 4.45. The van der Waals surface area contributed by atoms with E-state index in [9.17, 15) is 16.8 Å². The summed E-state index contributed by atoms with van der Waals surface area (Å²) < 4.78 is 40.3. The maximum absolute atomic E-state index is 10.1. The lowest BCUT2D eigenvalue weighted by atomic mass is 10.1. The average molecular weight is 238 g/mol. The molecule has 0 aromatic carbocycles. The molecule has 82 valence electrons. The quantitative estimate of drug-likeness (QED) is 0.483. The normalized spacial score (nSPS) is 9.43. The number of rotatable bonds is 7. The van der Waals surface area contributed by atoms with Crippen molar-refractivity contribution in [3.8, 4) is 0 Å². The van der Waals surface area contributed by atoms with E-state index in [1.807, 2.05) is 0 Å². The number of hydrogen-bond donors (Lipinski definition) is 0. The summed E-state index contributed by atoms with van der Waals surface area (Å²) in [6, 6.07) is 0. The highest BCUT2D eigenvalue weighted by atomic mass is 32.2. The van der Waals surface area contributed by atoms with Crippen molar-refractivity contribution in [1.29, 1.82) is 0 Å². The molecular weight excluding hydrogens is 224 g/mol. The number of hydrogen-bond acceptors (Lipinski definition) is 4. The molecule has 0 rings (SSSR count). The maximum atomic E-state index is 10.1. The van der Waals surface area contributed by atoms with Crippen LogP contribution in [0.4, 0.5) is 0 Å². The molecule has 0 saturated carbocycles. The minimum atomic E-state index is -2.04. The second-order valence-corrected chi connectivity index (χ2v) is 4.55. The van der Waals surface area contributed by atoms with E-state index in [-0.39, 0.29) is 0 Å². The van der Waals surface area contributed by atoms with Gasteiger partial charge in [-0.25, -0.2) is 0 Å². The Morgan fingerprint density at radius 1 is 0.643 bits per heavy atom. The lowest BCUT2D eigenvalue weighted by Crippen LogP contribution is -1.82. The highest BCUT2D eigenvalue weighted by molar-refractivity contribution is 7.71. The smallest absolute Gasteiger partial charge is 0.185 e. The van der Waals surface area contributed by atoms with Crippen molar-refractivity contribution in [2.75, 3.05) is 0 Å². The maximum Gasteiger partial charge on any atom is 0.209 e. The lowest BCUT2D eigenvalue weighted by molar-refractivity contribution is 0.624. The van der Waals surface area contributed by atoms with Crippen LogP contribution in [0.25, 0.3) is 0 Å². The summed E-state index contributed by atoms with van der Waals surface area (Å²) in [7, 11) is -4.09. The fourth-order valence-electron chi connectivity index (χ4n) is 1.00. The Morgan fingerprint density at radius 3 is 1.29 bits per heavy atom. The minimum absolute atomic E-state index is 0.577. The molecule has 0 radical (unpaired) electrons. The lowest BCUT2D eigenvalue weighted by Gasteiger charge is -1.94. The fourth-order valence-corrected chi connectivity index (χ4v) is 1.72. The summed E-state index contributed by atoms with van der Waals surface area (Å²) in [5, 5.41) is 2.50. The van der Waals surface area contributed by atoms with Crippen molar-refractivity contribution < 1.29 is 16.8 Å². The van der Waals surface area contributed by atoms with Gasteiger partial charge in [-0.3, -0.25) is 0 Å². The first-order chi connectivity index (χ1) is 6.63. The SMILES string of the molecule is O=S(=O)=CCCCCCCC=S(=O)=O. The van der Waals surface area contributed by atoms with Gasteiger partial charge in [-0.05, 0) is 25.7 Å². The Kier molecular flexibility index (Phi) is 8.56. The zero-order valence-electron chi connectivity index (χ0n) is 7.85. The van der Waals surface area contributed by atoms with Crippen LogP contribution >= 0.6 is 0 Å². The van der Waals surface area contributed by atoms with Gasteiger partial charge in [0, 0.05) is 10.7 Å². The monoisotopic (exact) mass is 238 g/mol. The van der Waals surface area contributed by atoms with E-state index >= 15 is 0 Å². The van der Waals surface area contributed by atoms with Gasteiger partial charge in [0.05, 0.1) is 0 Å². The van der Waals surface area contributed by atoms with E-state index in [1.165, 1.54) is 10.7 Å². The summed E-state index contributed by atoms with van der Waals surface area (Å²) in [4.78, 5) is 0. The molecule has 0 atom stereocenters. The molecule has 0 fully saturated rings. The Morgan fingerprint density at radius 2 is 1.00 bits per heavy atom. The third-order valence-corrected chi connectivity index (χ3v) is 2.68. The van der Waals surface area contributed by atoms with Gasteiger partial charge in [0.2, 0.25) is 20.6 Å². The Balaban J connectivity index is 3.31. The molecule has 0 bridgehead atoms. The van der Waals surface area contributed by atoms with Crippen molar-refractivity contribution in [2.24, 2.45) is 0 Å². The summed E-state index contributed by atoms with van der Waals surface area (Å²) >= 11 is 0. The van der Waals surface area contributed by atoms with Crippen molar-refractivity contribution in [3.63, 3.8) is 0 Å². The minimum Gasteiger partial charge on any atom is -0.185 e.